The number of aromatic nitrogens is 4. The highest BCUT2D eigenvalue weighted by atomic mass is 32.1. The first-order chi connectivity index (χ1) is 12.8. The molecular weight excluding hydrogens is 346 g/mol. The molecule has 0 aliphatic heterocycles. The molecule has 1 aliphatic carbocycles. The van der Waals surface area contributed by atoms with E-state index in [1.807, 2.05) is 53.9 Å². The summed E-state index contributed by atoms with van der Waals surface area (Å²) in [7, 11) is 0. The molecule has 4 aromatic rings. The minimum absolute atomic E-state index is 0.101. The molecule has 128 valence electrons. The van der Waals surface area contributed by atoms with Crippen LogP contribution in [0, 0.1) is 5.92 Å². The van der Waals surface area contributed by atoms with Gasteiger partial charge in [0.1, 0.15) is 0 Å². The molecule has 26 heavy (non-hydrogen) atoms. The van der Waals surface area contributed by atoms with E-state index in [1.165, 1.54) is 0 Å². The van der Waals surface area contributed by atoms with Crippen molar-refractivity contribution in [1.29, 1.82) is 0 Å². The number of amides is 1. The third-order valence-electron chi connectivity index (χ3n) is 4.38. The molecule has 1 aliphatic rings. The lowest BCUT2D eigenvalue weighted by Crippen LogP contribution is -2.13. The van der Waals surface area contributed by atoms with E-state index < -0.39 is 0 Å². The normalized spacial score (nSPS) is 13.8. The number of fused-ring (bicyclic) bond motifs is 1. The molecule has 6 nitrogen and oxygen atoms in total. The third kappa shape index (κ3) is 2.76. The molecule has 0 spiro atoms. The van der Waals surface area contributed by atoms with E-state index in [1.54, 1.807) is 15.9 Å². The minimum Gasteiger partial charge on any atom is -0.326 e. The van der Waals surface area contributed by atoms with Crippen LogP contribution in [0.1, 0.15) is 12.8 Å². The number of rotatable bonds is 4. The van der Waals surface area contributed by atoms with Gasteiger partial charge in [0.05, 0.1) is 10.6 Å². The zero-order chi connectivity index (χ0) is 17.5. The maximum absolute atomic E-state index is 12.0. The number of anilines is 1. The van der Waals surface area contributed by atoms with Crippen molar-refractivity contribution in [3.05, 3.63) is 53.9 Å². The zero-order valence-electron chi connectivity index (χ0n) is 13.8. The molecular formula is C19H15N5OS. The van der Waals surface area contributed by atoms with Crippen molar-refractivity contribution < 1.29 is 4.79 Å². The lowest BCUT2D eigenvalue weighted by atomic mass is 10.1. The first-order valence-corrected chi connectivity index (χ1v) is 9.33. The summed E-state index contributed by atoms with van der Waals surface area (Å²) in [4.78, 5) is 13.0. The molecule has 5 rings (SSSR count). The predicted molar refractivity (Wildman–Crippen MR) is 101 cm³/mol. The number of nitrogens with zero attached hydrogens (tertiary/aromatic N) is 4. The molecule has 1 N–H and O–H groups in total. The van der Waals surface area contributed by atoms with Gasteiger partial charge in [0.2, 0.25) is 5.91 Å². The topological polar surface area (TPSA) is 72.2 Å². The number of hydrogen-bond donors (Lipinski definition) is 1. The second-order valence-corrected chi connectivity index (χ2v) is 7.28. The van der Waals surface area contributed by atoms with Crippen molar-refractivity contribution in [2.45, 2.75) is 12.8 Å². The molecule has 1 fully saturated rings. The first kappa shape index (κ1) is 15.2. The second kappa shape index (κ2) is 6.03. The maximum Gasteiger partial charge on any atom is 0.227 e. The molecule has 1 amide bonds. The second-order valence-electron chi connectivity index (χ2n) is 6.33. The Bertz CT molecular complexity index is 1100. The van der Waals surface area contributed by atoms with Crippen molar-refractivity contribution in [1.82, 2.24) is 19.8 Å². The van der Waals surface area contributed by atoms with Gasteiger partial charge in [-0.2, -0.15) is 9.61 Å². The van der Waals surface area contributed by atoms with Crippen LogP contribution in [-0.4, -0.2) is 25.7 Å². The third-order valence-corrected chi connectivity index (χ3v) is 5.24. The Labute approximate surface area is 153 Å². The maximum atomic E-state index is 12.0. The standard InChI is InChI=1S/C19H15N5OS/c25-19(12-6-7-12)20-14-4-1-3-13(11-14)15-8-9-17-21-22-18(24(17)23-15)16-5-2-10-26-16/h1-5,8-12H,6-7H2,(H,20,25). The molecule has 0 radical (unpaired) electrons. The fourth-order valence-corrected chi connectivity index (χ4v) is 3.54. The molecule has 7 heteroatoms. The van der Waals surface area contributed by atoms with E-state index in [4.69, 9.17) is 5.10 Å². The summed E-state index contributed by atoms with van der Waals surface area (Å²) in [5.41, 5.74) is 3.24. The SMILES string of the molecule is O=C(Nc1cccc(-c2ccc3nnc(-c4cccs4)n3n2)c1)C1CC1. The first-order valence-electron chi connectivity index (χ1n) is 8.45. The van der Waals surface area contributed by atoms with E-state index in [0.29, 0.717) is 5.65 Å². The van der Waals surface area contributed by atoms with Gasteiger partial charge in [-0.3, -0.25) is 4.79 Å². The minimum atomic E-state index is 0.101. The number of carbonyl (C=O) groups is 1. The Morgan fingerprint density at radius 2 is 2.04 bits per heavy atom. The monoisotopic (exact) mass is 361 g/mol. The van der Waals surface area contributed by atoms with Gasteiger partial charge in [-0.1, -0.05) is 18.2 Å². The highest BCUT2D eigenvalue weighted by Gasteiger charge is 2.29. The van der Waals surface area contributed by atoms with Crippen LogP contribution in [-0.2, 0) is 4.79 Å². The van der Waals surface area contributed by atoms with Crippen LogP contribution in [0.5, 0.6) is 0 Å². The van der Waals surface area contributed by atoms with Crippen LogP contribution in [0.4, 0.5) is 5.69 Å². The number of thiophene rings is 1. The van der Waals surface area contributed by atoms with Crippen molar-refractivity contribution in [2.24, 2.45) is 5.92 Å². The lowest BCUT2D eigenvalue weighted by Gasteiger charge is -2.07. The van der Waals surface area contributed by atoms with Gasteiger partial charge in [-0.15, -0.1) is 21.5 Å². The predicted octanol–water partition coefficient (Wildman–Crippen LogP) is 3.87. The zero-order valence-corrected chi connectivity index (χ0v) is 14.6. The molecule has 0 unspecified atom stereocenters. The Morgan fingerprint density at radius 1 is 1.12 bits per heavy atom. The highest BCUT2D eigenvalue weighted by molar-refractivity contribution is 7.13. The average molecular weight is 361 g/mol. The molecule has 3 heterocycles. The van der Waals surface area contributed by atoms with Gasteiger partial charge >= 0.3 is 0 Å². The fraction of sp³-hybridized carbons (Fsp3) is 0.158. The van der Waals surface area contributed by atoms with Crippen molar-refractivity contribution in [3.8, 4) is 22.0 Å². The summed E-state index contributed by atoms with van der Waals surface area (Å²) >= 11 is 1.60. The Hall–Kier alpha value is -3.06. The van der Waals surface area contributed by atoms with Gasteiger partial charge in [-0.25, -0.2) is 0 Å². The van der Waals surface area contributed by atoms with Crippen molar-refractivity contribution >= 4 is 28.6 Å². The molecule has 0 atom stereocenters. The van der Waals surface area contributed by atoms with E-state index in [-0.39, 0.29) is 11.8 Å². The fourth-order valence-electron chi connectivity index (χ4n) is 2.85. The van der Waals surface area contributed by atoms with Crippen LogP contribution in [0.2, 0.25) is 0 Å². The van der Waals surface area contributed by atoms with Gasteiger partial charge in [0.25, 0.3) is 0 Å². The number of carbonyl (C=O) groups excluding carboxylic acids is 1. The summed E-state index contributed by atoms with van der Waals surface area (Å²) in [6, 6.07) is 15.6. The number of hydrogen-bond acceptors (Lipinski definition) is 5. The van der Waals surface area contributed by atoms with Crippen LogP contribution < -0.4 is 5.32 Å². The van der Waals surface area contributed by atoms with Gasteiger partial charge in [-0.05, 0) is 48.6 Å². The van der Waals surface area contributed by atoms with E-state index >= 15 is 0 Å². The van der Waals surface area contributed by atoms with E-state index in [2.05, 4.69) is 15.5 Å². The van der Waals surface area contributed by atoms with Gasteiger partial charge < -0.3 is 5.32 Å². The van der Waals surface area contributed by atoms with Crippen LogP contribution in [0.15, 0.2) is 53.9 Å². The lowest BCUT2D eigenvalue weighted by molar-refractivity contribution is -0.117. The van der Waals surface area contributed by atoms with Crippen LogP contribution in [0.3, 0.4) is 0 Å². The van der Waals surface area contributed by atoms with Crippen molar-refractivity contribution in [3.63, 3.8) is 0 Å². The Morgan fingerprint density at radius 3 is 2.85 bits per heavy atom. The summed E-state index contributed by atoms with van der Waals surface area (Å²) in [5.74, 6) is 1.01. The quantitative estimate of drug-likeness (QED) is 0.599. The van der Waals surface area contributed by atoms with Crippen molar-refractivity contribution in [2.75, 3.05) is 5.32 Å². The Kier molecular flexibility index (Phi) is 3.53. The van der Waals surface area contributed by atoms with Crippen LogP contribution in [0.25, 0.3) is 27.6 Å². The van der Waals surface area contributed by atoms with Gasteiger partial charge in [0, 0.05) is 17.2 Å². The number of nitrogens with one attached hydrogen (secondary N) is 1. The summed E-state index contributed by atoms with van der Waals surface area (Å²) in [5, 5.41) is 18.2. The molecule has 1 saturated carbocycles. The average Bonchev–Trinajstić information content (AvgIpc) is 3.22. The summed E-state index contributed by atoms with van der Waals surface area (Å²) in [6.07, 6.45) is 1.98. The van der Waals surface area contributed by atoms with Crippen LogP contribution >= 0.6 is 11.3 Å². The Balaban J connectivity index is 1.52. The molecule has 1 aromatic carbocycles. The highest BCUT2D eigenvalue weighted by Crippen LogP contribution is 2.31. The summed E-state index contributed by atoms with van der Waals surface area (Å²) < 4.78 is 1.76. The molecule has 0 bridgehead atoms. The molecule has 0 saturated heterocycles. The largest absolute Gasteiger partial charge is 0.326 e. The smallest absolute Gasteiger partial charge is 0.227 e. The van der Waals surface area contributed by atoms with E-state index in [0.717, 1.165) is 40.5 Å². The number of benzene rings is 1. The van der Waals surface area contributed by atoms with Gasteiger partial charge in [0.15, 0.2) is 11.5 Å². The summed E-state index contributed by atoms with van der Waals surface area (Å²) in [6.45, 7) is 0. The van der Waals surface area contributed by atoms with E-state index in [9.17, 15) is 4.79 Å². The molecule has 3 aromatic heterocycles.